The number of nitrogens with two attached hydrogens (primary N) is 1. The molecule has 0 aliphatic carbocycles. The second-order valence-corrected chi connectivity index (χ2v) is 5.78. The van der Waals surface area contributed by atoms with E-state index in [0.29, 0.717) is 26.9 Å². The number of carbonyl (C=O) groups is 1. The molecule has 3 N–H and O–H groups in total. The first-order valence-corrected chi connectivity index (χ1v) is 7.22. The summed E-state index contributed by atoms with van der Waals surface area (Å²) in [5.74, 6) is -0.297. The van der Waals surface area contributed by atoms with Crippen molar-refractivity contribution in [3.8, 4) is 0 Å². The molecule has 1 amide bonds. The zero-order valence-electron chi connectivity index (χ0n) is 11.1. The number of nitrogens with one attached hydrogen (secondary N) is 1. The Morgan fingerprint density at radius 3 is 2.38 bits per heavy atom. The van der Waals surface area contributed by atoms with Gasteiger partial charge in [-0.2, -0.15) is 0 Å². The summed E-state index contributed by atoms with van der Waals surface area (Å²) in [4.78, 5) is 12.6. The number of thiocarbonyl (C=S) groups is 1. The Labute approximate surface area is 138 Å². The molecule has 0 spiro atoms. The van der Waals surface area contributed by atoms with Crippen molar-refractivity contribution in [1.82, 2.24) is 0 Å². The van der Waals surface area contributed by atoms with Crippen LogP contribution in [0.1, 0.15) is 21.5 Å². The van der Waals surface area contributed by atoms with E-state index in [9.17, 15) is 4.79 Å². The number of hydrogen-bond acceptors (Lipinski definition) is 2. The highest BCUT2D eigenvalue weighted by atomic mass is 35.5. The van der Waals surface area contributed by atoms with Crippen LogP contribution in [0.25, 0.3) is 0 Å². The molecule has 2 rings (SSSR count). The van der Waals surface area contributed by atoms with Gasteiger partial charge in [-0.05, 0) is 42.8 Å². The predicted octanol–water partition coefficient (Wildman–Crippen LogP) is 4.19. The molecule has 2 aromatic carbocycles. The van der Waals surface area contributed by atoms with Crippen LogP contribution < -0.4 is 11.1 Å². The third-order valence-electron chi connectivity index (χ3n) is 2.94. The highest BCUT2D eigenvalue weighted by Crippen LogP contribution is 2.23. The normalized spacial score (nSPS) is 10.2. The first-order chi connectivity index (χ1) is 9.88. The number of hydrogen-bond donors (Lipinski definition) is 2. The van der Waals surface area contributed by atoms with E-state index >= 15 is 0 Å². The number of halogens is 2. The van der Waals surface area contributed by atoms with Crippen LogP contribution in [0.15, 0.2) is 36.4 Å². The minimum absolute atomic E-state index is 0.185. The topological polar surface area (TPSA) is 55.1 Å². The molecule has 0 heterocycles. The molecule has 0 unspecified atom stereocenters. The standard InChI is InChI=1S/C15H12Cl2N2OS/c1-8-2-3-9(16)6-12(8)15(20)19-13-7-10(17)4-5-11(13)14(18)21/h2-7H,1H3,(H2,18,21)(H,19,20). The third-order valence-corrected chi connectivity index (χ3v) is 3.63. The van der Waals surface area contributed by atoms with Crippen molar-refractivity contribution in [2.24, 2.45) is 5.73 Å². The molecule has 21 heavy (non-hydrogen) atoms. The van der Waals surface area contributed by atoms with Crippen molar-refractivity contribution in [3.05, 3.63) is 63.1 Å². The largest absolute Gasteiger partial charge is 0.389 e. The fourth-order valence-electron chi connectivity index (χ4n) is 1.86. The zero-order valence-corrected chi connectivity index (χ0v) is 13.4. The minimum atomic E-state index is -0.297. The predicted molar refractivity (Wildman–Crippen MR) is 91.5 cm³/mol. The maximum absolute atomic E-state index is 12.4. The van der Waals surface area contributed by atoms with Crippen LogP contribution in [0, 0.1) is 6.92 Å². The van der Waals surface area contributed by atoms with E-state index in [1.165, 1.54) is 0 Å². The van der Waals surface area contributed by atoms with E-state index in [1.54, 1.807) is 36.4 Å². The van der Waals surface area contributed by atoms with Crippen molar-refractivity contribution in [2.75, 3.05) is 5.32 Å². The van der Waals surface area contributed by atoms with E-state index in [0.717, 1.165) is 5.56 Å². The lowest BCUT2D eigenvalue weighted by Crippen LogP contribution is -2.18. The Hall–Kier alpha value is -1.62. The molecular formula is C15H12Cl2N2OS. The van der Waals surface area contributed by atoms with E-state index in [-0.39, 0.29) is 10.9 Å². The van der Waals surface area contributed by atoms with Crippen LogP contribution in [0.4, 0.5) is 5.69 Å². The van der Waals surface area contributed by atoms with E-state index < -0.39 is 0 Å². The van der Waals surface area contributed by atoms with Crippen molar-refractivity contribution < 1.29 is 4.79 Å². The van der Waals surface area contributed by atoms with Crippen LogP contribution >= 0.6 is 35.4 Å². The van der Waals surface area contributed by atoms with Gasteiger partial charge in [-0.25, -0.2) is 0 Å². The van der Waals surface area contributed by atoms with Gasteiger partial charge in [0.25, 0.3) is 5.91 Å². The summed E-state index contributed by atoms with van der Waals surface area (Å²) in [6.07, 6.45) is 0. The summed E-state index contributed by atoms with van der Waals surface area (Å²) in [6, 6.07) is 10.1. The highest BCUT2D eigenvalue weighted by molar-refractivity contribution is 7.80. The highest BCUT2D eigenvalue weighted by Gasteiger charge is 2.13. The van der Waals surface area contributed by atoms with Gasteiger partial charge in [-0.15, -0.1) is 0 Å². The number of amides is 1. The lowest BCUT2D eigenvalue weighted by atomic mass is 10.1. The summed E-state index contributed by atoms with van der Waals surface area (Å²) in [5, 5.41) is 3.74. The lowest BCUT2D eigenvalue weighted by molar-refractivity contribution is 0.102. The molecule has 0 bridgehead atoms. The molecule has 0 aromatic heterocycles. The number of aryl methyl sites for hydroxylation is 1. The first-order valence-electron chi connectivity index (χ1n) is 6.05. The van der Waals surface area contributed by atoms with E-state index in [1.807, 2.05) is 6.92 Å². The molecular weight excluding hydrogens is 327 g/mol. The van der Waals surface area contributed by atoms with Crippen LogP contribution in [0.5, 0.6) is 0 Å². The molecule has 108 valence electrons. The number of rotatable bonds is 3. The zero-order chi connectivity index (χ0) is 15.6. The fourth-order valence-corrected chi connectivity index (χ4v) is 2.39. The Morgan fingerprint density at radius 1 is 1.10 bits per heavy atom. The molecule has 0 radical (unpaired) electrons. The minimum Gasteiger partial charge on any atom is -0.389 e. The molecule has 3 nitrogen and oxygen atoms in total. The van der Waals surface area contributed by atoms with Gasteiger partial charge in [0.05, 0.1) is 5.69 Å². The molecule has 0 atom stereocenters. The van der Waals surface area contributed by atoms with Gasteiger partial charge in [0, 0.05) is 21.2 Å². The third kappa shape index (κ3) is 3.73. The lowest BCUT2D eigenvalue weighted by Gasteiger charge is -2.12. The number of carbonyl (C=O) groups excluding carboxylic acids is 1. The van der Waals surface area contributed by atoms with Gasteiger partial charge in [-0.3, -0.25) is 4.79 Å². The van der Waals surface area contributed by atoms with Crippen LogP contribution in [-0.4, -0.2) is 10.9 Å². The smallest absolute Gasteiger partial charge is 0.256 e. The van der Waals surface area contributed by atoms with E-state index in [2.05, 4.69) is 5.32 Å². The summed E-state index contributed by atoms with van der Waals surface area (Å²) in [7, 11) is 0. The first kappa shape index (κ1) is 15.8. The second-order valence-electron chi connectivity index (χ2n) is 4.47. The monoisotopic (exact) mass is 338 g/mol. The Balaban J connectivity index is 2.38. The fraction of sp³-hybridized carbons (Fsp3) is 0.0667. The number of anilines is 1. The van der Waals surface area contributed by atoms with Gasteiger partial charge >= 0.3 is 0 Å². The molecule has 2 aromatic rings. The van der Waals surface area contributed by atoms with Crippen LogP contribution in [-0.2, 0) is 0 Å². The summed E-state index contributed by atoms with van der Waals surface area (Å²) >= 11 is 16.9. The maximum Gasteiger partial charge on any atom is 0.256 e. The molecule has 0 saturated carbocycles. The average Bonchev–Trinajstić information content (AvgIpc) is 2.41. The molecule has 0 saturated heterocycles. The van der Waals surface area contributed by atoms with Gasteiger partial charge in [-0.1, -0.05) is 41.5 Å². The quantitative estimate of drug-likeness (QED) is 0.825. The van der Waals surface area contributed by atoms with Gasteiger partial charge < -0.3 is 11.1 Å². The molecule has 0 fully saturated rings. The Bertz CT molecular complexity index is 732. The summed E-state index contributed by atoms with van der Waals surface area (Å²) in [5.41, 5.74) is 7.98. The molecule has 6 heteroatoms. The van der Waals surface area contributed by atoms with Gasteiger partial charge in [0.15, 0.2) is 0 Å². The second kappa shape index (κ2) is 6.43. The van der Waals surface area contributed by atoms with Crippen LogP contribution in [0.2, 0.25) is 10.0 Å². The Kier molecular flexibility index (Phi) is 4.83. The SMILES string of the molecule is Cc1ccc(Cl)cc1C(=O)Nc1cc(Cl)ccc1C(N)=S. The molecule has 0 aliphatic heterocycles. The summed E-state index contributed by atoms with van der Waals surface area (Å²) in [6.45, 7) is 1.83. The number of benzene rings is 2. The van der Waals surface area contributed by atoms with E-state index in [4.69, 9.17) is 41.2 Å². The summed E-state index contributed by atoms with van der Waals surface area (Å²) < 4.78 is 0. The molecule has 0 aliphatic rings. The maximum atomic E-state index is 12.4. The van der Waals surface area contributed by atoms with Gasteiger partial charge in [0.1, 0.15) is 4.99 Å². The van der Waals surface area contributed by atoms with Crippen molar-refractivity contribution in [1.29, 1.82) is 0 Å². The van der Waals surface area contributed by atoms with Crippen molar-refractivity contribution >= 4 is 52.0 Å². The van der Waals surface area contributed by atoms with Crippen molar-refractivity contribution in [3.63, 3.8) is 0 Å². The Morgan fingerprint density at radius 2 is 1.71 bits per heavy atom. The van der Waals surface area contributed by atoms with Gasteiger partial charge in [0.2, 0.25) is 0 Å². The van der Waals surface area contributed by atoms with Crippen molar-refractivity contribution in [2.45, 2.75) is 6.92 Å². The van der Waals surface area contributed by atoms with Crippen LogP contribution in [0.3, 0.4) is 0 Å². The average molecular weight is 339 g/mol.